The summed E-state index contributed by atoms with van der Waals surface area (Å²) < 4.78 is 5.79. The number of carbonyl (C=O) groups is 1. The minimum Gasteiger partial charge on any atom is -0.495 e. The molecule has 3 heteroatoms. The van der Waals surface area contributed by atoms with Crippen molar-refractivity contribution in [1.29, 1.82) is 0 Å². The molecule has 3 nitrogen and oxygen atoms in total. The molecule has 16 heavy (non-hydrogen) atoms. The van der Waals surface area contributed by atoms with Gasteiger partial charge in [-0.2, -0.15) is 0 Å². The Morgan fingerprint density at radius 1 is 1.12 bits per heavy atom. The number of ether oxygens (including phenoxy) is 1. The van der Waals surface area contributed by atoms with Gasteiger partial charge >= 0.3 is 5.97 Å². The van der Waals surface area contributed by atoms with Gasteiger partial charge in [-0.15, -0.1) is 0 Å². The van der Waals surface area contributed by atoms with Gasteiger partial charge in [0.25, 0.3) is 0 Å². The second-order valence-corrected chi connectivity index (χ2v) is 5.86. The van der Waals surface area contributed by atoms with Crippen LogP contribution in [0.5, 0.6) is 0 Å². The van der Waals surface area contributed by atoms with Crippen LogP contribution >= 0.6 is 0 Å². The molecule has 0 heterocycles. The van der Waals surface area contributed by atoms with Gasteiger partial charge < -0.3 is 9.84 Å². The second-order valence-electron chi connectivity index (χ2n) is 5.86. The molecule has 0 aliphatic heterocycles. The van der Waals surface area contributed by atoms with E-state index in [2.05, 4.69) is 0 Å². The molecule has 88 valence electrons. The summed E-state index contributed by atoms with van der Waals surface area (Å²) in [6.45, 7) is 0. The molecule has 4 bridgehead atoms. The zero-order valence-electron chi connectivity index (χ0n) is 9.39. The largest absolute Gasteiger partial charge is 0.495 e. The summed E-state index contributed by atoms with van der Waals surface area (Å²) in [6.07, 6.45) is 10.1. The van der Waals surface area contributed by atoms with Gasteiger partial charge in [-0.1, -0.05) is 0 Å². The predicted molar refractivity (Wildman–Crippen MR) is 58.8 cm³/mol. The van der Waals surface area contributed by atoms with E-state index in [4.69, 9.17) is 9.84 Å². The van der Waals surface area contributed by atoms with E-state index >= 15 is 0 Å². The van der Waals surface area contributed by atoms with E-state index in [9.17, 15) is 4.79 Å². The summed E-state index contributed by atoms with van der Waals surface area (Å²) in [4.78, 5) is 10.4. The Hall–Kier alpha value is -0.990. The van der Waals surface area contributed by atoms with Gasteiger partial charge in [0.2, 0.25) is 0 Å². The molecule has 0 aromatic rings. The predicted octanol–water partition coefficient (Wildman–Crippen LogP) is 2.57. The van der Waals surface area contributed by atoms with Crippen molar-refractivity contribution in [3.8, 4) is 0 Å². The highest BCUT2D eigenvalue weighted by Crippen LogP contribution is 2.57. The van der Waals surface area contributed by atoms with Crippen LogP contribution in [0.2, 0.25) is 0 Å². The number of hydrogen-bond acceptors (Lipinski definition) is 2. The van der Waals surface area contributed by atoms with Crippen LogP contribution in [-0.4, -0.2) is 16.7 Å². The molecule has 4 aliphatic rings. The van der Waals surface area contributed by atoms with E-state index in [0.29, 0.717) is 0 Å². The van der Waals surface area contributed by atoms with Crippen molar-refractivity contribution in [2.45, 2.75) is 44.1 Å². The first-order valence-electron chi connectivity index (χ1n) is 6.22. The summed E-state index contributed by atoms with van der Waals surface area (Å²) in [5, 5.41) is 8.56. The van der Waals surface area contributed by atoms with Crippen LogP contribution in [-0.2, 0) is 9.53 Å². The smallest absolute Gasteiger partial charge is 0.331 e. The van der Waals surface area contributed by atoms with Crippen LogP contribution in [0.4, 0.5) is 0 Å². The maximum atomic E-state index is 10.4. The summed E-state index contributed by atoms with van der Waals surface area (Å²) in [5.74, 6) is 1.59. The van der Waals surface area contributed by atoms with E-state index in [1.54, 1.807) is 0 Å². The van der Waals surface area contributed by atoms with Crippen LogP contribution in [0, 0.1) is 17.8 Å². The van der Waals surface area contributed by atoms with Crippen LogP contribution in [0.15, 0.2) is 12.3 Å². The van der Waals surface area contributed by atoms with Crippen molar-refractivity contribution < 1.29 is 14.6 Å². The van der Waals surface area contributed by atoms with E-state index in [1.165, 1.54) is 25.5 Å². The Kier molecular flexibility index (Phi) is 2.23. The minimum absolute atomic E-state index is 0.0132. The highest BCUT2D eigenvalue weighted by molar-refractivity contribution is 5.79. The Morgan fingerprint density at radius 2 is 1.62 bits per heavy atom. The summed E-state index contributed by atoms with van der Waals surface area (Å²) in [7, 11) is 0. The quantitative estimate of drug-likeness (QED) is 0.589. The molecule has 4 fully saturated rings. The average molecular weight is 222 g/mol. The lowest BCUT2D eigenvalue weighted by Gasteiger charge is -2.55. The summed E-state index contributed by atoms with van der Waals surface area (Å²) >= 11 is 0. The Bertz CT molecular complexity index is 297. The molecule has 0 aromatic carbocycles. The highest BCUT2D eigenvalue weighted by Gasteiger charge is 2.52. The topological polar surface area (TPSA) is 46.5 Å². The molecule has 0 aromatic heterocycles. The van der Waals surface area contributed by atoms with Crippen molar-refractivity contribution >= 4 is 5.97 Å². The van der Waals surface area contributed by atoms with Crippen molar-refractivity contribution in [3.05, 3.63) is 12.3 Å². The molecule has 0 amide bonds. The molecular weight excluding hydrogens is 204 g/mol. The van der Waals surface area contributed by atoms with E-state index < -0.39 is 5.97 Å². The third-order valence-corrected chi connectivity index (χ3v) is 4.51. The molecule has 0 radical (unpaired) electrons. The first kappa shape index (κ1) is 10.2. The third-order valence-electron chi connectivity index (χ3n) is 4.51. The van der Waals surface area contributed by atoms with Gasteiger partial charge in [0.05, 0.1) is 12.3 Å². The summed E-state index contributed by atoms with van der Waals surface area (Å²) in [5.41, 5.74) is -0.0132. The lowest BCUT2D eigenvalue weighted by atomic mass is 9.54. The molecule has 0 unspecified atom stereocenters. The van der Waals surface area contributed by atoms with Gasteiger partial charge in [-0.25, -0.2) is 4.79 Å². The lowest BCUT2D eigenvalue weighted by molar-refractivity contribution is -0.135. The van der Waals surface area contributed by atoms with Crippen molar-refractivity contribution in [2.75, 3.05) is 0 Å². The number of carboxylic acid groups (broad SMARTS) is 1. The van der Waals surface area contributed by atoms with Crippen LogP contribution < -0.4 is 0 Å². The van der Waals surface area contributed by atoms with Gasteiger partial charge in [0, 0.05) is 0 Å². The summed E-state index contributed by atoms with van der Waals surface area (Å²) in [6, 6.07) is 0. The normalized spacial score (nSPS) is 45.1. The number of hydrogen-bond donors (Lipinski definition) is 1. The fourth-order valence-corrected chi connectivity index (χ4v) is 4.41. The lowest BCUT2D eigenvalue weighted by Crippen LogP contribution is -2.51. The van der Waals surface area contributed by atoms with E-state index in [1.807, 2.05) is 0 Å². The molecular formula is C13H18O3. The van der Waals surface area contributed by atoms with Gasteiger partial charge in [-0.05, 0) is 56.3 Å². The molecule has 0 atom stereocenters. The Morgan fingerprint density at radius 3 is 2.06 bits per heavy atom. The number of carboxylic acids is 1. The Labute approximate surface area is 95.5 Å². The maximum Gasteiger partial charge on any atom is 0.331 e. The van der Waals surface area contributed by atoms with Crippen molar-refractivity contribution in [2.24, 2.45) is 17.8 Å². The molecule has 0 saturated heterocycles. The minimum atomic E-state index is -0.926. The SMILES string of the molecule is O=C(O)/C=C\OC12CC3CC(CC(C3)C1)C2. The van der Waals surface area contributed by atoms with Crippen molar-refractivity contribution in [3.63, 3.8) is 0 Å². The van der Waals surface area contributed by atoms with Crippen LogP contribution in [0.3, 0.4) is 0 Å². The standard InChI is InChI=1S/C13H18O3/c14-12(15)1-2-16-13-6-9-3-10(7-13)5-11(4-9)8-13/h1-2,9-11H,3-8H2,(H,14,15)/b2-1-. The van der Waals surface area contributed by atoms with Crippen LogP contribution in [0.25, 0.3) is 0 Å². The zero-order chi connectivity index (χ0) is 11.2. The van der Waals surface area contributed by atoms with Crippen molar-refractivity contribution in [1.82, 2.24) is 0 Å². The average Bonchev–Trinajstić information content (AvgIpc) is 2.13. The van der Waals surface area contributed by atoms with E-state index in [0.717, 1.165) is 43.1 Å². The number of aliphatic carboxylic acids is 1. The highest BCUT2D eigenvalue weighted by atomic mass is 16.5. The molecule has 4 aliphatic carbocycles. The first-order valence-corrected chi connectivity index (χ1v) is 6.22. The molecule has 0 spiro atoms. The maximum absolute atomic E-state index is 10.4. The van der Waals surface area contributed by atoms with Gasteiger partial charge in [-0.3, -0.25) is 0 Å². The first-order chi connectivity index (χ1) is 7.65. The van der Waals surface area contributed by atoms with Gasteiger partial charge in [0.1, 0.15) is 5.60 Å². The van der Waals surface area contributed by atoms with Gasteiger partial charge in [0.15, 0.2) is 0 Å². The molecule has 4 rings (SSSR count). The monoisotopic (exact) mass is 222 g/mol. The fourth-order valence-electron chi connectivity index (χ4n) is 4.41. The third kappa shape index (κ3) is 1.72. The fraction of sp³-hybridized carbons (Fsp3) is 0.769. The van der Waals surface area contributed by atoms with Crippen LogP contribution in [0.1, 0.15) is 38.5 Å². The Balaban J connectivity index is 1.71. The molecule has 4 saturated carbocycles. The number of rotatable bonds is 3. The zero-order valence-corrected chi connectivity index (χ0v) is 9.39. The van der Waals surface area contributed by atoms with E-state index in [-0.39, 0.29) is 5.60 Å². The second kappa shape index (κ2) is 3.51. The molecule has 1 N–H and O–H groups in total.